The molecule has 0 aliphatic rings. The molecule has 7 heteroatoms. The Morgan fingerprint density at radius 1 is 1.32 bits per heavy atom. The molecule has 0 bridgehead atoms. The van der Waals surface area contributed by atoms with Crippen molar-refractivity contribution in [1.29, 1.82) is 0 Å². The molecule has 0 saturated carbocycles. The summed E-state index contributed by atoms with van der Waals surface area (Å²) in [6, 6.07) is 7.94. The first-order valence-electron chi connectivity index (χ1n) is 9.28. The van der Waals surface area contributed by atoms with E-state index in [-0.39, 0.29) is 12.5 Å². The quantitative estimate of drug-likeness (QED) is 0.583. The van der Waals surface area contributed by atoms with Gasteiger partial charge < -0.3 is 14.2 Å². The zero-order valence-corrected chi connectivity index (χ0v) is 17.7. The molecule has 0 spiro atoms. The van der Waals surface area contributed by atoms with Crippen molar-refractivity contribution in [3.63, 3.8) is 0 Å². The van der Waals surface area contributed by atoms with E-state index in [0.29, 0.717) is 18.3 Å². The number of amides is 1. The highest BCUT2D eigenvalue weighted by molar-refractivity contribution is 7.13. The summed E-state index contributed by atoms with van der Waals surface area (Å²) in [5.74, 6) is 1.58. The number of hydrogen-bond acceptors (Lipinski definition) is 6. The maximum atomic E-state index is 12.9. The van der Waals surface area contributed by atoms with Crippen LogP contribution in [0.4, 0.5) is 0 Å². The fraction of sp³-hybridized carbons (Fsp3) is 0.381. The Balaban J connectivity index is 1.69. The van der Waals surface area contributed by atoms with Crippen molar-refractivity contribution in [2.24, 2.45) is 0 Å². The molecule has 0 aliphatic carbocycles. The topological polar surface area (TPSA) is 68.5 Å². The minimum absolute atomic E-state index is 0.114. The Bertz CT molecular complexity index is 950. The minimum atomic E-state index is -0.612. The molecule has 148 valence electrons. The summed E-state index contributed by atoms with van der Waals surface area (Å²) in [5, 5.41) is 5.96. The van der Waals surface area contributed by atoms with Crippen molar-refractivity contribution in [2.45, 2.75) is 47.3 Å². The van der Waals surface area contributed by atoms with Crippen LogP contribution in [-0.4, -0.2) is 33.6 Å². The maximum absolute atomic E-state index is 12.9. The normalized spacial score (nSPS) is 12.0. The van der Waals surface area contributed by atoms with Crippen LogP contribution in [0.15, 0.2) is 34.2 Å². The minimum Gasteiger partial charge on any atom is -0.481 e. The lowest BCUT2D eigenvalue weighted by atomic mass is 10.1. The van der Waals surface area contributed by atoms with Gasteiger partial charge in [-0.25, -0.2) is 0 Å². The summed E-state index contributed by atoms with van der Waals surface area (Å²) < 4.78 is 11.3. The van der Waals surface area contributed by atoms with Crippen LogP contribution in [0.25, 0.3) is 10.7 Å². The van der Waals surface area contributed by atoms with Gasteiger partial charge in [0.15, 0.2) is 6.10 Å². The molecule has 3 rings (SSSR count). The molecule has 2 aromatic heterocycles. The van der Waals surface area contributed by atoms with E-state index >= 15 is 0 Å². The van der Waals surface area contributed by atoms with Crippen molar-refractivity contribution < 1.29 is 14.1 Å². The smallest absolute Gasteiger partial charge is 0.263 e. The van der Waals surface area contributed by atoms with E-state index in [1.165, 1.54) is 0 Å². The third-order valence-electron chi connectivity index (χ3n) is 4.64. The molecule has 0 N–H and O–H groups in total. The first-order chi connectivity index (χ1) is 13.4. The van der Waals surface area contributed by atoms with Gasteiger partial charge in [-0.05, 0) is 68.8 Å². The molecule has 2 heterocycles. The van der Waals surface area contributed by atoms with Crippen molar-refractivity contribution in [3.8, 4) is 16.5 Å². The van der Waals surface area contributed by atoms with Gasteiger partial charge in [-0.15, -0.1) is 11.3 Å². The third-order valence-corrected chi connectivity index (χ3v) is 5.51. The van der Waals surface area contributed by atoms with Crippen molar-refractivity contribution >= 4 is 17.2 Å². The number of likely N-dealkylation sites (N-methyl/N-ethyl adjacent to an activating group) is 1. The van der Waals surface area contributed by atoms with Gasteiger partial charge in [-0.1, -0.05) is 17.3 Å². The predicted octanol–water partition coefficient (Wildman–Crippen LogP) is 4.54. The number of rotatable bonds is 7. The van der Waals surface area contributed by atoms with Crippen LogP contribution in [0, 0.1) is 20.8 Å². The second-order valence-corrected chi connectivity index (χ2v) is 7.75. The van der Waals surface area contributed by atoms with Crippen molar-refractivity contribution in [2.75, 3.05) is 6.54 Å². The van der Waals surface area contributed by atoms with Gasteiger partial charge in [0.2, 0.25) is 11.7 Å². The summed E-state index contributed by atoms with van der Waals surface area (Å²) in [6.45, 7) is 10.5. The lowest BCUT2D eigenvalue weighted by molar-refractivity contribution is -0.138. The summed E-state index contributed by atoms with van der Waals surface area (Å²) >= 11 is 1.54. The Kier molecular flexibility index (Phi) is 6.14. The van der Waals surface area contributed by atoms with Crippen LogP contribution in [0.2, 0.25) is 0 Å². The molecular formula is C21H25N3O3S. The lowest BCUT2D eigenvalue weighted by Gasteiger charge is -2.24. The molecule has 3 aromatic rings. The summed E-state index contributed by atoms with van der Waals surface area (Å²) in [4.78, 5) is 19.9. The second kappa shape index (κ2) is 8.56. The van der Waals surface area contributed by atoms with Crippen LogP contribution in [0.5, 0.6) is 5.75 Å². The van der Waals surface area contributed by atoms with Gasteiger partial charge in [0.05, 0.1) is 4.88 Å². The third kappa shape index (κ3) is 4.42. The lowest BCUT2D eigenvalue weighted by Crippen LogP contribution is -2.40. The monoisotopic (exact) mass is 399 g/mol. The number of aromatic nitrogens is 2. The molecule has 0 fully saturated rings. The maximum Gasteiger partial charge on any atom is 0.263 e. The van der Waals surface area contributed by atoms with Gasteiger partial charge in [0, 0.05) is 6.54 Å². The summed E-state index contributed by atoms with van der Waals surface area (Å²) in [6.07, 6.45) is -0.612. The van der Waals surface area contributed by atoms with Gasteiger partial charge in [0.25, 0.3) is 5.91 Å². The van der Waals surface area contributed by atoms with Gasteiger partial charge in [-0.2, -0.15) is 4.98 Å². The highest BCUT2D eigenvalue weighted by Gasteiger charge is 2.24. The number of hydrogen-bond donors (Lipinski definition) is 0. The highest BCUT2D eigenvalue weighted by Crippen LogP contribution is 2.25. The largest absolute Gasteiger partial charge is 0.481 e. The van der Waals surface area contributed by atoms with Gasteiger partial charge >= 0.3 is 0 Å². The number of nitrogens with zero attached hydrogens (tertiary/aromatic N) is 3. The second-order valence-electron chi connectivity index (χ2n) is 6.81. The van der Waals surface area contributed by atoms with E-state index in [1.807, 2.05) is 51.3 Å². The van der Waals surface area contributed by atoms with E-state index in [4.69, 9.17) is 9.26 Å². The zero-order valence-electron chi connectivity index (χ0n) is 16.9. The Labute approximate surface area is 169 Å². The number of thiophene rings is 1. The first-order valence-corrected chi connectivity index (χ1v) is 10.2. The standard InChI is InChI=1S/C21H25N3O3S/c1-6-24(12-19-22-20(23-27-19)18-8-7-9-28-18)21(25)16(5)26-17-11-13(2)10-14(3)15(17)4/h7-11,16H,6,12H2,1-5H3/t16-/m1/s1. The van der Waals surface area contributed by atoms with Gasteiger partial charge in [-0.3, -0.25) is 4.79 Å². The van der Waals surface area contributed by atoms with Gasteiger partial charge in [0.1, 0.15) is 12.3 Å². The van der Waals surface area contributed by atoms with Crippen molar-refractivity contribution in [3.05, 3.63) is 52.2 Å². The molecule has 0 saturated heterocycles. The number of ether oxygens (including phenoxy) is 1. The van der Waals surface area contributed by atoms with Crippen LogP contribution < -0.4 is 4.74 Å². The first kappa shape index (κ1) is 20.1. The average molecular weight is 400 g/mol. The molecule has 0 radical (unpaired) electrons. The molecule has 0 unspecified atom stereocenters. The number of carbonyl (C=O) groups is 1. The van der Waals surface area contributed by atoms with E-state index in [2.05, 4.69) is 16.2 Å². The molecule has 28 heavy (non-hydrogen) atoms. The summed E-state index contributed by atoms with van der Waals surface area (Å²) in [7, 11) is 0. The van der Waals surface area contributed by atoms with Crippen molar-refractivity contribution in [1.82, 2.24) is 15.0 Å². The Morgan fingerprint density at radius 2 is 2.11 bits per heavy atom. The SMILES string of the molecule is CCN(Cc1nc(-c2cccs2)no1)C(=O)[C@@H](C)Oc1cc(C)cc(C)c1C. The van der Waals surface area contributed by atoms with Crippen LogP contribution in [0.3, 0.4) is 0 Å². The van der Waals surface area contributed by atoms with Crippen LogP contribution >= 0.6 is 11.3 Å². The average Bonchev–Trinajstić information content (AvgIpc) is 3.34. The zero-order chi connectivity index (χ0) is 20.3. The Morgan fingerprint density at radius 3 is 2.79 bits per heavy atom. The highest BCUT2D eigenvalue weighted by atomic mass is 32.1. The predicted molar refractivity (Wildman–Crippen MR) is 109 cm³/mol. The fourth-order valence-corrected chi connectivity index (χ4v) is 3.60. The van der Waals surface area contributed by atoms with Crippen LogP contribution in [0.1, 0.15) is 36.4 Å². The summed E-state index contributed by atoms with van der Waals surface area (Å²) in [5.41, 5.74) is 3.30. The fourth-order valence-electron chi connectivity index (χ4n) is 2.95. The Hall–Kier alpha value is -2.67. The van der Waals surface area contributed by atoms with E-state index in [9.17, 15) is 4.79 Å². The molecule has 1 aromatic carbocycles. The number of carbonyl (C=O) groups excluding carboxylic acids is 1. The number of aryl methyl sites for hydroxylation is 2. The van der Waals surface area contributed by atoms with E-state index < -0.39 is 6.10 Å². The van der Waals surface area contributed by atoms with E-state index in [1.54, 1.807) is 23.2 Å². The van der Waals surface area contributed by atoms with Crippen LogP contribution in [-0.2, 0) is 11.3 Å². The molecule has 6 nitrogen and oxygen atoms in total. The molecular weight excluding hydrogens is 374 g/mol. The number of benzene rings is 1. The molecule has 0 aliphatic heterocycles. The molecule has 1 amide bonds. The molecule has 1 atom stereocenters. The van der Waals surface area contributed by atoms with E-state index in [0.717, 1.165) is 27.3 Å².